The minimum atomic E-state index is -1.08. The van der Waals surface area contributed by atoms with Gasteiger partial charge in [-0.3, -0.25) is 14.5 Å². The summed E-state index contributed by atoms with van der Waals surface area (Å²) in [4.78, 5) is 44.9. The molecular weight excluding hydrogens is 524 g/mol. The quantitative estimate of drug-likeness (QED) is 0.184. The highest BCUT2D eigenvalue weighted by atomic mass is 32.1. The maximum Gasteiger partial charge on any atom is 0.350 e. The van der Waals surface area contributed by atoms with E-state index in [9.17, 15) is 19.5 Å². The third-order valence-electron chi connectivity index (χ3n) is 6.03. The molecular formula is C28H28N2O8S. The van der Waals surface area contributed by atoms with Gasteiger partial charge >= 0.3 is 11.9 Å². The van der Waals surface area contributed by atoms with Gasteiger partial charge in [-0.05, 0) is 62.7 Å². The summed E-state index contributed by atoms with van der Waals surface area (Å²) in [7, 11) is 4.20. The Bertz CT molecular complexity index is 1460. The summed E-state index contributed by atoms with van der Waals surface area (Å²) in [5.41, 5.74) is 0.980. The van der Waals surface area contributed by atoms with E-state index in [4.69, 9.17) is 18.9 Å². The molecule has 0 spiro atoms. The van der Waals surface area contributed by atoms with E-state index in [1.165, 1.54) is 26.2 Å². The first kappa shape index (κ1) is 27.6. The number of aromatic nitrogens is 1. The molecule has 10 nitrogen and oxygen atoms in total. The first-order chi connectivity index (χ1) is 18.6. The molecule has 39 heavy (non-hydrogen) atoms. The molecule has 2 heterocycles. The van der Waals surface area contributed by atoms with Crippen LogP contribution in [0, 0.1) is 6.92 Å². The van der Waals surface area contributed by atoms with Crippen LogP contribution in [0.3, 0.4) is 0 Å². The number of esters is 1. The Morgan fingerprint density at radius 2 is 1.69 bits per heavy atom. The van der Waals surface area contributed by atoms with Gasteiger partial charge in [0.05, 0.1) is 44.7 Å². The normalized spacial score (nSPS) is 16.5. The standard InChI is InChI=1S/C28H28N2O8S/c1-14(2)38-18-10-7-16(8-11-18)23(31)21-22(17-9-12-19(35-4)20(13-17)36-5)30(26(33)24(21)32)28-29-15(3)25(39-28)27(34)37-6/h7-14,22,31H,1-6H3/b23-21+. The highest BCUT2D eigenvalue weighted by molar-refractivity contribution is 7.17. The van der Waals surface area contributed by atoms with Crippen LogP contribution in [0.5, 0.6) is 17.2 Å². The van der Waals surface area contributed by atoms with Crippen molar-refractivity contribution in [2.45, 2.75) is 32.9 Å². The molecule has 1 fully saturated rings. The third-order valence-corrected chi connectivity index (χ3v) is 7.17. The molecule has 0 aliphatic carbocycles. The van der Waals surface area contributed by atoms with E-state index in [2.05, 4.69) is 4.98 Å². The fourth-order valence-electron chi connectivity index (χ4n) is 4.25. The number of anilines is 1. The van der Waals surface area contributed by atoms with Crippen LogP contribution in [0.1, 0.15) is 46.4 Å². The lowest BCUT2D eigenvalue weighted by molar-refractivity contribution is -0.132. The summed E-state index contributed by atoms with van der Waals surface area (Å²) in [5.74, 6) is -1.39. The number of thiazole rings is 1. The van der Waals surface area contributed by atoms with E-state index in [1.807, 2.05) is 13.8 Å². The zero-order valence-corrected chi connectivity index (χ0v) is 23.1. The molecule has 4 rings (SSSR count). The number of carbonyl (C=O) groups excluding carboxylic acids is 3. The molecule has 1 saturated heterocycles. The van der Waals surface area contributed by atoms with Crippen LogP contribution in [0.25, 0.3) is 5.76 Å². The second-order valence-electron chi connectivity index (χ2n) is 8.88. The molecule has 1 unspecified atom stereocenters. The summed E-state index contributed by atoms with van der Waals surface area (Å²) in [6.07, 6.45) is -0.0449. The minimum Gasteiger partial charge on any atom is -0.507 e. The van der Waals surface area contributed by atoms with Crippen molar-refractivity contribution < 1.29 is 38.4 Å². The zero-order valence-electron chi connectivity index (χ0n) is 22.3. The molecule has 11 heteroatoms. The molecule has 1 aliphatic rings. The average Bonchev–Trinajstić information content (AvgIpc) is 3.43. The van der Waals surface area contributed by atoms with E-state index in [1.54, 1.807) is 49.4 Å². The fourth-order valence-corrected chi connectivity index (χ4v) is 5.27. The van der Waals surface area contributed by atoms with Crippen LogP contribution in [-0.2, 0) is 14.3 Å². The van der Waals surface area contributed by atoms with Gasteiger partial charge < -0.3 is 24.1 Å². The van der Waals surface area contributed by atoms with Crippen molar-refractivity contribution in [2.75, 3.05) is 26.2 Å². The predicted octanol–water partition coefficient (Wildman–Crippen LogP) is 4.67. The molecule has 0 saturated carbocycles. The van der Waals surface area contributed by atoms with Crippen molar-refractivity contribution in [3.05, 3.63) is 69.7 Å². The number of aliphatic hydroxyl groups excluding tert-OH is 1. The Morgan fingerprint density at radius 1 is 1.03 bits per heavy atom. The summed E-state index contributed by atoms with van der Waals surface area (Å²) >= 11 is 0.919. The molecule has 2 aromatic carbocycles. The maximum atomic E-state index is 13.5. The van der Waals surface area contributed by atoms with Gasteiger partial charge in [0, 0.05) is 5.56 Å². The lowest BCUT2D eigenvalue weighted by atomic mass is 9.95. The second kappa shape index (κ2) is 11.2. The molecule has 1 amide bonds. The molecule has 1 atom stereocenters. The molecule has 0 bridgehead atoms. The lowest BCUT2D eigenvalue weighted by Crippen LogP contribution is -2.29. The van der Waals surface area contributed by atoms with Crippen molar-refractivity contribution in [3.63, 3.8) is 0 Å². The molecule has 0 radical (unpaired) electrons. The summed E-state index contributed by atoms with van der Waals surface area (Å²) in [6.45, 7) is 5.39. The Kier molecular flexibility index (Phi) is 7.91. The Hall–Kier alpha value is -4.38. The van der Waals surface area contributed by atoms with Crippen molar-refractivity contribution in [1.82, 2.24) is 4.98 Å². The van der Waals surface area contributed by atoms with Gasteiger partial charge in [0.1, 0.15) is 16.4 Å². The van der Waals surface area contributed by atoms with E-state index in [0.717, 1.165) is 11.3 Å². The minimum absolute atomic E-state index is 0.0449. The number of ketones is 1. The van der Waals surface area contributed by atoms with Gasteiger partial charge in [-0.1, -0.05) is 17.4 Å². The third kappa shape index (κ3) is 5.17. The topological polar surface area (TPSA) is 124 Å². The number of amides is 1. The first-order valence-corrected chi connectivity index (χ1v) is 12.8. The smallest absolute Gasteiger partial charge is 0.350 e. The number of benzene rings is 2. The van der Waals surface area contributed by atoms with E-state index < -0.39 is 23.7 Å². The van der Waals surface area contributed by atoms with Crippen molar-refractivity contribution in [1.29, 1.82) is 0 Å². The van der Waals surface area contributed by atoms with Crippen LogP contribution in [0.4, 0.5) is 5.13 Å². The number of hydrogen-bond acceptors (Lipinski definition) is 10. The van der Waals surface area contributed by atoms with Crippen molar-refractivity contribution >= 4 is 39.9 Å². The summed E-state index contributed by atoms with van der Waals surface area (Å²) < 4.78 is 21.3. The van der Waals surface area contributed by atoms with Crippen LogP contribution in [0.2, 0.25) is 0 Å². The van der Waals surface area contributed by atoms with Crippen LogP contribution < -0.4 is 19.1 Å². The molecule has 204 valence electrons. The molecule has 1 aromatic heterocycles. The highest BCUT2D eigenvalue weighted by Crippen LogP contribution is 2.45. The lowest BCUT2D eigenvalue weighted by Gasteiger charge is -2.23. The number of methoxy groups -OCH3 is 3. The highest BCUT2D eigenvalue weighted by Gasteiger charge is 2.48. The number of carbonyl (C=O) groups is 3. The molecule has 3 aromatic rings. The monoisotopic (exact) mass is 552 g/mol. The van der Waals surface area contributed by atoms with Gasteiger partial charge in [0.25, 0.3) is 5.78 Å². The number of aliphatic hydroxyl groups is 1. The number of Topliss-reactive ketones (excluding diaryl/α,β-unsaturated/α-hetero) is 1. The van der Waals surface area contributed by atoms with E-state index in [0.29, 0.717) is 34.1 Å². The SMILES string of the molecule is COC(=O)c1sc(N2C(=O)C(=O)/C(=C(/O)c3ccc(OC(C)C)cc3)C2c2ccc(OC)c(OC)c2)nc1C. The van der Waals surface area contributed by atoms with Gasteiger partial charge in [-0.25, -0.2) is 9.78 Å². The molecule has 1 N–H and O–H groups in total. The van der Waals surface area contributed by atoms with E-state index >= 15 is 0 Å². The van der Waals surface area contributed by atoms with Crippen molar-refractivity contribution in [3.8, 4) is 17.2 Å². The number of rotatable bonds is 8. The Balaban J connectivity index is 1.91. The van der Waals surface area contributed by atoms with Gasteiger partial charge in [-0.2, -0.15) is 0 Å². The number of nitrogens with zero attached hydrogens (tertiary/aromatic N) is 2. The van der Waals surface area contributed by atoms with Gasteiger partial charge in [0.15, 0.2) is 16.6 Å². The van der Waals surface area contributed by atoms with Crippen LogP contribution in [-0.4, -0.2) is 55.2 Å². The van der Waals surface area contributed by atoms with Gasteiger partial charge in [0.2, 0.25) is 0 Å². The summed E-state index contributed by atoms with van der Waals surface area (Å²) in [5, 5.41) is 11.5. The number of aryl methyl sites for hydroxylation is 1. The number of ether oxygens (including phenoxy) is 4. The summed E-state index contributed by atoms with van der Waals surface area (Å²) in [6, 6.07) is 10.4. The molecule has 1 aliphatic heterocycles. The van der Waals surface area contributed by atoms with E-state index in [-0.39, 0.29) is 27.4 Å². The Labute approximate surface area is 229 Å². The zero-order chi connectivity index (χ0) is 28.4. The Morgan fingerprint density at radius 3 is 2.28 bits per heavy atom. The fraction of sp³-hybridized carbons (Fsp3) is 0.286. The second-order valence-corrected chi connectivity index (χ2v) is 9.85. The van der Waals surface area contributed by atoms with Gasteiger partial charge in [-0.15, -0.1) is 0 Å². The first-order valence-electron chi connectivity index (χ1n) is 12.0. The van der Waals surface area contributed by atoms with Crippen LogP contribution >= 0.6 is 11.3 Å². The van der Waals surface area contributed by atoms with Crippen LogP contribution in [0.15, 0.2) is 48.0 Å². The largest absolute Gasteiger partial charge is 0.507 e. The maximum absolute atomic E-state index is 13.5. The number of hydrogen-bond donors (Lipinski definition) is 1. The van der Waals surface area contributed by atoms with Crippen molar-refractivity contribution in [2.24, 2.45) is 0 Å². The average molecular weight is 553 g/mol. The predicted molar refractivity (Wildman–Crippen MR) is 145 cm³/mol.